The molecule has 29 heavy (non-hydrogen) atoms. The summed E-state index contributed by atoms with van der Waals surface area (Å²) in [5.41, 5.74) is 2.16. The van der Waals surface area contributed by atoms with Crippen LogP contribution in [-0.4, -0.2) is 45.0 Å². The lowest BCUT2D eigenvalue weighted by Gasteiger charge is -2.32. The molecule has 1 saturated heterocycles. The molecule has 0 aliphatic carbocycles. The number of hydrogen-bond donors (Lipinski definition) is 1. The molecular weight excluding hydrogens is 370 g/mol. The maximum absolute atomic E-state index is 12.3. The molecule has 0 spiro atoms. The monoisotopic (exact) mass is 395 g/mol. The quantitative estimate of drug-likeness (QED) is 0.681. The average molecular weight is 395 g/mol. The molecule has 1 aliphatic heterocycles. The Morgan fingerprint density at radius 3 is 3.07 bits per heavy atom. The normalized spacial score (nSPS) is 17.5. The number of likely N-dealkylation sites (tertiary alicyclic amines) is 1. The van der Waals surface area contributed by atoms with Gasteiger partial charge in [0.15, 0.2) is 0 Å². The Morgan fingerprint density at radius 1 is 1.34 bits per heavy atom. The van der Waals surface area contributed by atoms with Crippen LogP contribution in [0.25, 0.3) is 5.65 Å². The van der Waals surface area contributed by atoms with Crippen LogP contribution >= 0.6 is 0 Å². The summed E-state index contributed by atoms with van der Waals surface area (Å²) in [7, 11) is 0. The zero-order valence-electron chi connectivity index (χ0n) is 16.5. The number of fused-ring (bicyclic) bond motifs is 1. The molecule has 0 aromatic carbocycles. The Morgan fingerprint density at radius 2 is 2.24 bits per heavy atom. The molecule has 3 aromatic heterocycles. The van der Waals surface area contributed by atoms with Crippen molar-refractivity contribution in [2.75, 3.05) is 19.6 Å². The number of nitrogens with one attached hydrogen (secondary N) is 1. The fourth-order valence-corrected chi connectivity index (χ4v) is 3.85. The van der Waals surface area contributed by atoms with Gasteiger partial charge in [-0.2, -0.15) is 0 Å². The minimum atomic E-state index is -0.0610. The first-order valence-corrected chi connectivity index (χ1v) is 9.95. The number of nitrogens with zero attached hydrogens (tertiary/aromatic N) is 4. The average Bonchev–Trinajstić information content (AvgIpc) is 3.11. The van der Waals surface area contributed by atoms with E-state index in [4.69, 9.17) is 4.52 Å². The highest BCUT2D eigenvalue weighted by molar-refractivity contribution is 5.77. The van der Waals surface area contributed by atoms with Crippen molar-refractivity contribution in [2.45, 2.75) is 32.7 Å². The highest BCUT2D eigenvalue weighted by atomic mass is 16.5. The van der Waals surface area contributed by atoms with Crippen LogP contribution in [0, 0.1) is 12.8 Å². The SMILES string of the molecule is Cc1cc(CC(=O)NCC2CCCN(Cc3cc(=O)n4ccccc4n3)C2)on1. The summed E-state index contributed by atoms with van der Waals surface area (Å²) in [5.74, 6) is 0.909. The van der Waals surface area contributed by atoms with Crippen molar-refractivity contribution in [1.29, 1.82) is 0 Å². The number of carbonyl (C=O) groups is 1. The first-order valence-electron chi connectivity index (χ1n) is 9.95. The highest BCUT2D eigenvalue weighted by Crippen LogP contribution is 2.17. The van der Waals surface area contributed by atoms with Gasteiger partial charge in [-0.3, -0.25) is 18.9 Å². The van der Waals surface area contributed by atoms with Gasteiger partial charge in [-0.1, -0.05) is 11.2 Å². The van der Waals surface area contributed by atoms with Crippen molar-refractivity contribution in [2.24, 2.45) is 5.92 Å². The summed E-state index contributed by atoms with van der Waals surface area (Å²) >= 11 is 0. The number of aryl methyl sites for hydroxylation is 1. The number of piperidine rings is 1. The van der Waals surface area contributed by atoms with Crippen LogP contribution in [0.2, 0.25) is 0 Å². The van der Waals surface area contributed by atoms with Crippen molar-refractivity contribution < 1.29 is 9.32 Å². The van der Waals surface area contributed by atoms with Crippen molar-refractivity contribution in [3.63, 3.8) is 0 Å². The third-order valence-electron chi connectivity index (χ3n) is 5.21. The molecule has 0 bridgehead atoms. The molecule has 1 fully saturated rings. The molecule has 0 saturated carbocycles. The lowest BCUT2D eigenvalue weighted by atomic mass is 9.97. The molecular formula is C21H25N5O3. The standard InChI is InChI=1S/C21H25N5O3/c1-15-9-18(29-24-15)11-20(27)22-12-16-5-4-7-25(13-16)14-17-10-21(28)26-8-3-2-6-19(26)23-17/h2-3,6,8-10,16H,4-5,7,11-14H2,1H3,(H,22,27). The third-order valence-corrected chi connectivity index (χ3v) is 5.21. The Labute approximate surface area is 168 Å². The van der Waals surface area contributed by atoms with Crippen LogP contribution in [0.4, 0.5) is 0 Å². The molecule has 1 unspecified atom stereocenters. The number of rotatable bonds is 6. The lowest BCUT2D eigenvalue weighted by molar-refractivity contribution is -0.121. The minimum absolute atomic E-state index is 0.0532. The summed E-state index contributed by atoms with van der Waals surface area (Å²) in [5, 5.41) is 6.81. The molecule has 8 heteroatoms. The Bertz CT molecular complexity index is 1060. The van der Waals surface area contributed by atoms with E-state index < -0.39 is 0 Å². The van der Waals surface area contributed by atoms with Gasteiger partial charge in [0.05, 0.1) is 17.8 Å². The van der Waals surface area contributed by atoms with E-state index in [2.05, 4.69) is 20.4 Å². The lowest BCUT2D eigenvalue weighted by Crippen LogP contribution is -2.41. The first-order chi connectivity index (χ1) is 14.1. The summed E-state index contributed by atoms with van der Waals surface area (Å²) in [6.07, 6.45) is 4.08. The van der Waals surface area contributed by atoms with Crippen LogP contribution in [0.15, 0.2) is 45.8 Å². The maximum atomic E-state index is 12.3. The fraction of sp³-hybridized carbons (Fsp3) is 0.429. The van der Waals surface area contributed by atoms with E-state index in [0.29, 0.717) is 30.4 Å². The fourth-order valence-electron chi connectivity index (χ4n) is 3.85. The minimum Gasteiger partial charge on any atom is -0.361 e. The van der Waals surface area contributed by atoms with Crippen molar-refractivity contribution in [1.82, 2.24) is 24.8 Å². The van der Waals surface area contributed by atoms with Crippen molar-refractivity contribution >= 4 is 11.6 Å². The van der Waals surface area contributed by atoms with Gasteiger partial charge in [0, 0.05) is 38.0 Å². The molecule has 4 rings (SSSR count). The van der Waals surface area contributed by atoms with Crippen molar-refractivity contribution in [3.05, 3.63) is 64.0 Å². The zero-order chi connectivity index (χ0) is 20.2. The van der Waals surface area contributed by atoms with E-state index in [1.54, 1.807) is 22.7 Å². The van der Waals surface area contributed by atoms with E-state index >= 15 is 0 Å². The number of amides is 1. The van der Waals surface area contributed by atoms with Crippen LogP contribution < -0.4 is 10.9 Å². The van der Waals surface area contributed by atoms with Crippen LogP contribution in [0.3, 0.4) is 0 Å². The topological polar surface area (TPSA) is 92.7 Å². The second kappa shape index (κ2) is 8.57. The zero-order valence-corrected chi connectivity index (χ0v) is 16.5. The van der Waals surface area contributed by atoms with Gasteiger partial charge in [-0.15, -0.1) is 0 Å². The largest absolute Gasteiger partial charge is 0.361 e. The predicted molar refractivity (Wildman–Crippen MR) is 107 cm³/mol. The first kappa shape index (κ1) is 19.3. The van der Waals surface area contributed by atoms with Gasteiger partial charge in [0.1, 0.15) is 11.4 Å². The molecule has 152 valence electrons. The van der Waals surface area contributed by atoms with Gasteiger partial charge in [0.2, 0.25) is 5.91 Å². The van der Waals surface area contributed by atoms with Gasteiger partial charge >= 0.3 is 0 Å². The maximum Gasteiger partial charge on any atom is 0.258 e. The molecule has 1 amide bonds. The Balaban J connectivity index is 1.31. The Hall–Kier alpha value is -3.00. The summed E-state index contributed by atoms with van der Waals surface area (Å²) in [6.45, 7) is 4.95. The highest BCUT2D eigenvalue weighted by Gasteiger charge is 2.21. The number of hydrogen-bond acceptors (Lipinski definition) is 6. The van der Waals surface area contributed by atoms with Gasteiger partial charge < -0.3 is 9.84 Å². The predicted octanol–water partition coefficient (Wildman–Crippen LogP) is 1.56. The summed E-state index contributed by atoms with van der Waals surface area (Å²) in [4.78, 5) is 31.3. The summed E-state index contributed by atoms with van der Waals surface area (Å²) < 4.78 is 6.65. The van der Waals surface area contributed by atoms with Gasteiger partial charge in [0.25, 0.3) is 5.56 Å². The molecule has 0 radical (unpaired) electrons. The van der Waals surface area contributed by atoms with E-state index in [1.807, 2.05) is 25.1 Å². The number of carbonyl (C=O) groups excluding carboxylic acids is 1. The number of aromatic nitrogens is 3. The van der Waals surface area contributed by atoms with Crippen molar-refractivity contribution in [3.8, 4) is 0 Å². The second-order valence-corrected chi connectivity index (χ2v) is 7.67. The molecule has 1 aliphatic rings. The van der Waals surface area contributed by atoms with Crippen LogP contribution in [0.1, 0.15) is 30.0 Å². The molecule has 4 heterocycles. The van der Waals surface area contributed by atoms with E-state index in [0.717, 1.165) is 37.3 Å². The second-order valence-electron chi connectivity index (χ2n) is 7.67. The Kier molecular flexibility index (Phi) is 5.71. The van der Waals surface area contributed by atoms with E-state index in [-0.39, 0.29) is 17.9 Å². The van der Waals surface area contributed by atoms with Crippen LogP contribution in [-0.2, 0) is 17.8 Å². The molecule has 3 aromatic rings. The molecule has 1 N–H and O–H groups in total. The molecule has 1 atom stereocenters. The smallest absolute Gasteiger partial charge is 0.258 e. The summed E-state index contributed by atoms with van der Waals surface area (Å²) in [6, 6.07) is 8.93. The van der Waals surface area contributed by atoms with Crippen LogP contribution in [0.5, 0.6) is 0 Å². The third kappa shape index (κ3) is 4.89. The van der Waals surface area contributed by atoms with Gasteiger partial charge in [-0.05, 0) is 44.4 Å². The van der Waals surface area contributed by atoms with Gasteiger partial charge in [-0.25, -0.2) is 4.98 Å². The molecule has 8 nitrogen and oxygen atoms in total. The number of pyridine rings is 1. The van der Waals surface area contributed by atoms with E-state index in [9.17, 15) is 9.59 Å². The van der Waals surface area contributed by atoms with E-state index in [1.165, 1.54) is 0 Å².